The zero-order chi connectivity index (χ0) is 11.8. The second-order valence-corrected chi connectivity index (χ2v) is 5.74. The molecule has 1 aromatic carbocycles. The van der Waals surface area contributed by atoms with Gasteiger partial charge < -0.3 is 9.52 Å². The van der Waals surface area contributed by atoms with Crippen molar-refractivity contribution in [1.29, 1.82) is 0 Å². The van der Waals surface area contributed by atoms with Gasteiger partial charge in [-0.3, -0.25) is 4.21 Å². The molecule has 0 amide bonds. The van der Waals surface area contributed by atoms with E-state index in [2.05, 4.69) is 4.98 Å². The van der Waals surface area contributed by atoms with Gasteiger partial charge in [0.1, 0.15) is 5.52 Å². The Balaban J connectivity index is 2.29. The van der Waals surface area contributed by atoms with Crippen molar-refractivity contribution in [3.05, 3.63) is 24.6 Å². The predicted molar refractivity (Wildman–Crippen MR) is 61.6 cm³/mol. The molecule has 0 aliphatic rings. The van der Waals surface area contributed by atoms with Gasteiger partial charge in [-0.15, -0.1) is 0 Å². The van der Waals surface area contributed by atoms with E-state index in [1.165, 1.54) is 6.39 Å². The fourth-order valence-corrected chi connectivity index (χ4v) is 2.65. The second-order valence-electron chi connectivity index (χ2n) is 4.28. The van der Waals surface area contributed by atoms with Gasteiger partial charge >= 0.3 is 0 Å². The van der Waals surface area contributed by atoms with Crippen molar-refractivity contribution in [3.8, 4) is 0 Å². The number of rotatable bonds is 3. The van der Waals surface area contributed by atoms with Crippen molar-refractivity contribution >= 4 is 21.9 Å². The normalized spacial score (nSPS) is 14.2. The molecule has 0 spiro atoms. The standard InChI is InChI=1S/C11H13NO3S/c1-11(2,13)6-16(14)8-3-4-9-10(5-8)15-7-12-9/h3-5,7,13H,6H2,1-2H3. The minimum absolute atomic E-state index is 0.201. The van der Waals surface area contributed by atoms with Crippen molar-refractivity contribution < 1.29 is 13.7 Å². The summed E-state index contributed by atoms with van der Waals surface area (Å²) < 4.78 is 17.0. The second kappa shape index (κ2) is 3.99. The van der Waals surface area contributed by atoms with Gasteiger partial charge in [0, 0.05) is 4.90 Å². The molecule has 0 saturated carbocycles. The van der Waals surface area contributed by atoms with E-state index in [1.54, 1.807) is 32.0 Å². The smallest absolute Gasteiger partial charge is 0.181 e. The van der Waals surface area contributed by atoms with Gasteiger partial charge in [0.25, 0.3) is 0 Å². The molecule has 86 valence electrons. The molecule has 1 heterocycles. The Morgan fingerprint density at radius 2 is 2.25 bits per heavy atom. The van der Waals surface area contributed by atoms with Crippen LogP contribution in [0, 0.1) is 0 Å². The summed E-state index contributed by atoms with van der Waals surface area (Å²) in [5.41, 5.74) is 0.409. The highest BCUT2D eigenvalue weighted by Crippen LogP contribution is 2.18. The molecule has 1 N–H and O–H groups in total. The average Bonchev–Trinajstić information content (AvgIpc) is 2.61. The lowest BCUT2D eigenvalue weighted by Crippen LogP contribution is -2.27. The maximum atomic E-state index is 11.9. The van der Waals surface area contributed by atoms with Crippen molar-refractivity contribution in [2.24, 2.45) is 0 Å². The van der Waals surface area contributed by atoms with Crippen LogP contribution in [0.15, 0.2) is 33.9 Å². The van der Waals surface area contributed by atoms with Gasteiger partial charge in [-0.05, 0) is 32.0 Å². The minimum Gasteiger partial charge on any atom is -0.443 e. The van der Waals surface area contributed by atoms with Crippen LogP contribution >= 0.6 is 0 Å². The van der Waals surface area contributed by atoms with E-state index in [-0.39, 0.29) is 5.75 Å². The van der Waals surface area contributed by atoms with Gasteiger partial charge in [0.05, 0.1) is 22.2 Å². The highest BCUT2D eigenvalue weighted by Gasteiger charge is 2.18. The van der Waals surface area contributed by atoms with Gasteiger partial charge in [-0.1, -0.05) is 0 Å². The molecular formula is C11H13NO3S. The largest absolute Gasteiger partial charge is 0.443 e. The van der Waals surface area contributed by atoms with Crippen LogP contribution in [0.4, 0.5) is 0 Å². The van der Waals surface area contributed by atoms with Gasteiger partial charge in [-0.25, -0.2) is 4.98 Å². The number of fused-ring (bicyclic) bond motifs is 1. The van der Waals surface area contributed by atoms with E-state index in [9.17, 15) is 9.32 Å². The van der Waals surface area contributed by atoms with Crippen molar-refractivity contribution in [2.75, 3.05) is 5.75 Å². The number of oxazole rings is 1. The third-order valence-electron chi connectivity index (χ3n) is 2.05. The third kappa shape index (κ3) is 2.48. The Bertz CT molecular complexity index is 527. The van der Waals surface area contributed by atoms with Crippen LogP contribution in [0.25, 0.3) is 11.1 Å². The molecule has 0 fully saturated rings. The molecule has 0 aliphatic heterocycles. The maximum Gasteiger partial charge on any atom is 0.181 e. The van der Waals surface area contributed by atoms with Crippen LogP contribution in [-0.4, -0.2) is 25.7 Å². The predicted octanol–water partition coefficient (Wildman–Crippen LogP) is 1.71. The molecule has 4 nitrogen and oxygen atoms in total. The lowest BCUT2D eigenvalue weighted by Gasteiger charge is -2.15. The first kappa shape index (κ1) is 11.3. The Labute approximate surface area is 95.8 Å². The maximum absolute atomic E-state index is 11.9. The molecule has 1 aromatic heterocycles. The number of hydrogen-bond donors (Lipinski definition) is 1. The van der Waals surface area contributed by atoms with E-state index < -0.39 is 16.4 Å². The molecule has 1 atom stereocenters. The van der Waals surface area contributed by atoms with Crippen LogP contribution in [-0.2, 0) is 10.8 Å². The lowest BCUT2D eigenvalue weighted by molar-refractivity contribution is 0.106. The Morgan fingerprint density at radius 3 is 2.94 bits per heavy atom. The fraction of sp³-hybridized carbons (Fsp3) is 0.364. The summed E-state index contributed by atoms with van der Waals surface area (Å²) in [6, 6.07) is 5.20. The highest BCUT2D eigenvalue weighted by atomic mass is 32.2. The van der Waals surface area contributed by atoms with E-state index >= 15 is 0 Å². The number of hydrogen-bond acceptors (Lipinski definition) is 4. The number of aromatic nitrogens is 1. The summed E-state index contributed by atoms with van der Waals surface area (Å²) in [5, 5.41) is 9.59. The fourth-order valence-electron chi connectivity index (χ4n) is 1.38. The first-order valence-electron chi connectivity index (χ1n) is 4.90. The van der Waals surface area contributed by atoms with Crippen LogP contribution in [0.5, 0.6) is 0 Å². The summed E-state index contributed by atoms with van der Waals surface area (Å²) >= 11 is 0. The Kier molecular flexibility index (Phi) is 2.82. The van der Waals surface area contributed by atoms with E-state index in [1.807, 2.05) is 0 Å². The zero-order valence-corrected chi connectivity index (χ0v) is 9.95. The molecule has 2 aromatic rings. The molecule has 1 unspecified atom stereocenters. The van der Waals surface area contributed by atoms with Crippen molar-refractivity contribution in [1.82, 2.24) is 4.98 Å². The first-order chi connectivity index (χ1) is 7.46. The SMILES string of the molecule is CC(C)(O)CS(=O)c1ccc2ncoc2c1. The third-order valence-corrected chi connectivity index (χ3v) is 3.80. The molecule has 0 aliphatic carbocycles. The molecule has 0 bridgehead atoms. The summed E-state index contributed by atoms with van der Waals surface area (Å²) in [6.45, 7) is 3.27. The Morgan fingerprint density at radius 1 is 1.50 bits per heavy atom. The van der Waals surface area contributed by atoms with Gasteiger partial charge in [0.15, 0.2) is 12.0 Å². The quantitative estimate of drug-likeness (QED) is 0.885. The van der Waals surface area contributed by atoms with Crippen LogP contribution < -0.4 is 0 Å². The molecule has 16 heavy (non-hydrogen) atoms. The Hall–Kier alpha value is -1.20. The van der Waals surface area contributed by atoms with E-state index in [0.29, 0.717) is 10.5 Å². The first-order valence-corrected chi connectivity index (χ1v) is 6.22. The summed E-state index contributed by atoms with van der Waals surface area (Å²) in [6.07, 6.45) is 1.35. The molecule has 2 rings (SSSR count). The van der Waals surface area contributed by atoms with E-state index in [0.717, 1.165) is 5.52 Å². The lowest BCUT2D eigenvalue weighted by atomic mass is 10.2. The van der Waals surface area contributed by atoms with Gasteiger partial charge in [-0.2, -0.15) is 0 Å². The number of aliphatic hydroxyl groups is 1. The molecular weight excluding hydrogens is 226 g/mol. The van der Waals surface area contributed by atoms with Crippen LogP contribution in [0.1, 0.15) is 13.8 Å². The van der Waals surface area contributed by atoms with Crippen molar-refractivity contribution in [3.63, 3.8) is 0 Å². The summed E-state index contributed by atoms with van der Waals surface area (Å²) in [5.74, 6) is 0.201. The molecule has 0 radical (unpaired) electrons. The summed E-state index contributed by atoms with van der Waals surface area (Å²) in [4.78, 5) is 4.62. The molecule has 5 heteroatoms. The van der Waals surface area contributed by atoms with Gasteiger partial charge in [0.2, 0.25) is 0 Å². The highest BCUT2D eigenvalue weighted by molar-refractivity contribution is 7.85. The zero-order valence-electron chi connectivity index (χ0n) is 9.14. The van der Waals surface area contributed by atoms with Crippen LogP contribution in [0.3, 0.4) is 0 Å². The number of benzene rings is 1. The minimum atomic E-state index is -1.23. The van der Waals surface area contributed by atoms with Crippen molar-refractivity contribution in [2.45, 2.75) is 24.3 Å². The monoisotopic (exact) mass is 239 g/mol. The average molecular weight is 239 g/mol. The molecule has 0 saturated heterocycles. The topological polar surface area (TPSA) is 63.3 Å². The summed E-state index contributed by atoms with van der Waals surface area (Å²) in [7, 11) is -1.23. The van der Waals surface area contributed by atoms with Crippen LogP contribution in [0.2, 0.25) is 0 Å². The number of nitrogens with zero attached hydrogens (tertiary/aromatic N) is 1. The van der Waals surface area contributed by atoms with E-state index in [4.69, 9.17) is 4.42 Å².